The summed E-state index contributed by atoms with van der Waals surface area (Å²) < 4.78 is 5.40. The molecule has 0 aliphatic carbocycles. The molecule has 126 valence electrons. The number of hydrogen-bond acceptors (Lipinski definition) is 4. The Morgan fingerprint density at radius 1 is 1.33 bits per heavy atom. The molecule has 2 atom stereocenters. The highest BCUT2D eigenvalue weighted by Crippen LogP contribution is 2.41. The molecule has 2 aliphatic rings. The zero-order valence-electron chi connectivity index (χ0n) is 13.6. The van der Waals surface area contributed by atoms with Crippen LogP contribution in [0.1, 0.15) is 24.6 Å². The number of esters is 1. The van der Waals surface area contributed by atoms with E-state index in [0.29, 0.717) is 19.5 Å². The fourth-order valence-electron chi connectivity index (χ4n) is 4.14. The number of fused-ring (bicyclic) bond motifs is 3. The molecule has 1 amide bonds. The first-order chi connectivity index (χ1) is 11.7. The van der Waals surface area contributed by atoms with Crippen LogP contribution in [0, 0.1) is 5.92 Å². The lowest BCUT2D eigenvalue weighted by Gasteiger charge is -2.39. The number of H-pyrrole nitrogens is 1. The van der Waals surface area contributed by atoms with Gasteiger partial charge in [-0.1, -0.05) is 18.2 Å². The molecule has 24 heavy (non-hydrogen) atoms. The SMILES string of the molecule is CCOC(=O)[C@]1([C@H]2CCNC2=O)NCCc2c1[nH]c1ccccc21. The van der Waals surface area contributed by atoms with Gasteiger partial charge in [-0.05, 0) is 31.4 Å². The molecule has 3 N–H and O–H groups in total. The zero-order chi connectivity index (χ0) is 16.7. The molecule has 2 aliphatic heterocycles. The number of para-hydroxylation sites is 1. The predicted octanol–water partition coefficient (Wildman–Crippen LogP) is 1.21. The Balaban J connectivity index is 1.95. The normalized spacial score (nSPS) is 26.2. The number of ether oxygens (including phenoxy) is 1. The Hall–Kier alpha value is -2.34. The van der Waals surface area contributed by atoms with Gasteiger partial charge in [0.05, 0.1) is 18.2 Å². The third-order valence-electron chi connectivity index (χ3n) is 5.16. The maximum atomic E-state index is 13.0. The summed E-state index contributed by atoms with van der Waals surface area (Å²) in [5.74, 6) is -0.940. The highest BCUT2D eigenvalue weighted by atomic mass is 16.5. The van der Waals surface area contributed by atoms with E-state index in [1.165, 1.54) is 0 Å². The number of amides is 1. The van der Waals surface area contributed by atoms with Crippen LogP contribution in [-0.4, -0.2) is 36.6 Å². The highest BCUT2D eigenvalue weighted by molar-refractivity contribution is 5.96. The van der Waals surface area contributed by atoms with Gasteiger partial charge in [-0.15, -0.1) is 0 Å². The van der Waals surface area contributed by atoms with Crippen LogP contribution in [0.15, 0.2) is 24.3 Å². The minimum atomic E-state index is -1.14. The van der Waals surface area contributed by atoms with E-state index in [9.17, 15) is 9.59 Å². The average Bonchev–Trinajstić information content (AvgIpc) is 3.18. The molecule has 1 fully saturated rings. The van der Waals surface area contributed by atoms with E-state index in [1.54, 1.807) is 6.92 Å². The first-order valence-electron chi connectivity index (χ1n) is 8.48. The van der Waals surface area contributed by atoms with Crippen molar-refractivity contribution in [1.82, 2.24) is 15.6 Å². The maximum Gasteiger partial charge on any atom is 0.333 e. The quantitative estimate of drug-likeness (QED) is 0.740. The molecule has 2 aromatic rings. The molecule has 3 heterocycles. The van der Waals surface area contributed by atoms with Crippen LogP contribution in [0.4, 0.5) is 0 Å². The van der Waals surface area contributed by atoms with Gasteiger partial charge in [-0.2, -0.15) is 0 Å². The summed E-state index contributed by atoms with van der Waals surface area (Å²) >= 11 is 0. The van der Waals surface area contributed by atoms with Gasteiger partial charge in [0.15, 0.2) is 5.54 Å². The molecule has 0 radical (unpaired) electrons. The zero-order valence-corrected chi connectivity index (χ0v) is 13.6. The highest BCUT2D eigenvalue weighted by Gasteiger charge is 2.56. The lowest BCUT2D eigenvalue weighted by atomic mass is 9.75. The number of nitrogens with one attached hydrogen (secondary N) is 3. The van der Waals surface area contributed by atoms with E-state index < -0.39 is 11.5 Å². The second kappa shape index (κ2) is 5.63. The summed E-state index contributed by atoms with van der Waals surface area (Å²) in [5.41, 5.74) is 1.74. The molecule has 0 spiro atoms. The molecule has 6 heteroatoms. The van der Waals surface area contributed by atoms with Crippen LogP contribution in [0.25, 0.3) is 10.9 Å². The summed E-state index contributed by atoms with van der Waals surface area (Å²) in [5, 5.41) is 7.30. The van der Waals surface area contributed by atoms with E-state index in [4.69, 9.17) is 4.74 Å². The molecule has 1 aromatic carbocycles. The van der Waals surface area contributed by atoms with Gasteiger partial charge < -0.3 is 15.0 Å². The Morgan fingerprint density at radius 2 is 2.17 bits per heavy atom. The van der Waals surface area contributed by atoms with Crippen LogP contribution in [0.5, 0.6) is 0 Å². The summed E-state index contributed by atoms with van der Waals surface area (Å²) in [6.45, 7) is 3.29. The number of benzene rings is 1. The van der Waals surface area contributed by atoms with Crippen molar-refractivity contribution in [2.75, 3.05) is 19.7 Å². The number of hydrogen-bond donors (Lipinski definition) is 3. The lowest BCUT2D eigenvalue weighted by Crippen LogP contribution is -2.60. The largest absolute Gasteiger partial charge is 0.464 e. The van der Waals surface area contributed by atoms with E-state index in [1.807, 2.05) is 18.2 Å². The minimum Gasteiger partial charge on any atom is -0.464 e. The van der Waals surface area contributed by atoms with Gasteiger partial charge in [0.2, 0.25) is 5.91 Å². The maximum absolute atomic E-state index is 13.0. The van der Waals surface area contributed by atoms with Gasteiger partial charge in [0, 0.05) is 24.0 Å². The van der Waals surface area contributed by atoms with Crippen molar-refractivity contribution in [1.29, 1.82) is 0 Å². The summed E-state index contributed by atoms with van der Waals surface area (Å²) in [7, 11) is 0. The number of rotatable bonds is 3. The van der Waals surface area contributed by atoms with Crippen LogP contribution in [-0.2, 0) is 26.3 Å². The molecule has 4 rings (SSSR count). The molecule has 6 nitrogen and oxygen atoms in total. The molecule has 0 bridgehead atoms. The minimum absolute atomic E-state index is 0.0953. The van der Waals surface area contributed by atoms with Gasteiger partial charge in [-0.3, -0.25) is 10.1 Å². The standard InChI is InChI=1S/C18H21N3O3/c1-2-24-17(23)18(13-8-9-19-16(13)22)15-12(7-10-20-18)11-5-3-4-6-14(11)21-15/h3-6,13,20-21H,2,7-10H2,1H3,(H,19,22)/t13-,18+/m0/s1. The van der Waals surface area contributed by atoms with Gasteiger partial charge >= 0.3 is 5.97 Å². The Bertz CT molecular complexity index is 813. The van der Waals surface area contributed by atoms with Crippen molar-refractivity contribution in [3.63, 3.8) is 0 Å². The average molecular weight is 327 g/mol. The van der Waals surface area contributed by atoms with Crippen molar-refractivity contribution < 1.29 is 14.3 Å². The van der Waals surface area contributed by atoms with E-state index in [2.05, 4.69) is 21.7 Å². The van der Waals surface area contributed by atoms with Crippen LogP contribution < -0.4 is 10.6 Å². The van der Waals surface area contributed by atoms with E-state index >= 15 is 0 Å². The monoisotopic (exact) mass is 327 g/mol. The lowest BCUT2D eigenvalue weighted by molar-refractivity contribution is -0.157. The Morgan fingerprint density at radius 3 is 2.92 bits per heavy atom. The second-order valence-corrected chi connectivity index (χ2v) is 6.36. The van der Waals surface area contributed by atoms with Crippen LogP contribution in [0.2, 0.25) is 0 Å². The molecular formula is C18H21N3O3. The first-order valence-corrected chi connectivity index (χ1v) is 8.48. The third kappa shape index (κ3) is 1.99. The predicted molar refractivity (Wildman–Crippen MR) is 89.4 cm³/mol. The smallest absolute Gasteiger partial charge is 0.333 e. The molecule has 0 unspecified atom stereocenters. The van der Waals surface area contributed by atoms with Crippen LogP contribution >= 0.6 is 0 Å². The Kier molecular flexibility index (Phi) is 3.57. The van der Waals surface area contributed by atoms with Crippen molar-refractivity contribution in [3.8, 4) is 0 Å². The topological polar surface area (TPSA) is 83.2 Å². The molecule has 0 saturated carbocycles. The van der Waals surface area contributed by atoms with E-state index in [0.717, 1.165) is 28.6 Å². The summed E-state index contributed by atoms with van der Waals surface area (Å²) in [6.07, 6.45) is 1.42. The number of aromatic amines is 1. The number of carbonyl (C=O) groups is 2. The van der Waals surface area contributed by atoms with Gasteiger partial charge in [0.1, 0.15) is 0 Å². The first kappa shape index (κ1) is 15.2. The fourth-order valence-corrected chi connectivity index (χ4v) is 4.14. The fraction of sp³-hybridized carbons (Fsp3) is 0.444. The molecule has 1 saturated heterocycles. The number of aromatic nitrogens is 1. The van der Waals surface area contributed by atoms with Crippen molar-refractivity contribution in [2.45, 2.75) is 25.3 Å². The van der Waals surface area contributed by atoms with Crippen LogP contribution in [0.3, 0.4) is 0 Å². The van der Waals surface area contributed by atoms with E-state index in [-0.39, 0.29) is 18.5 Å². The van der Waals surface area contributed by atoms with Gasteiger partial charge in [0.25, 0.3) is 0 Å². The number of carbonyl (C=O) groups excluding carboxylic acids is 2. The Labute approximate surface area is 139 Å². The summed E-state index contributed by atoms with van der Waals surface area (Å²) in [6, 6.07) is 8.01. The van der Waals surface area contributed by atoms with Gasteiger partial charge in [-0.25, -0.2) is 4.79 Å². The second-order valence-electron chi connectivity index (χ2n) is 6.36. The van der Waals surface area contributed by atoms with Crippen molar-refractivity contribution in [3.05, 3.63) is 35.5 Å². The molecular weight excluding hydrogens is 306 g/mol. The molecule has 1 aromatic heterocycles. The third-order valence-corrected chi connectivity index (χ3v) is 5.16. The van der Waals surface area contributed by atoms with Crippen molar-refractivity contribution in [2.24, 2.45) is 5.92 Å². The summed E-state index contributed by atoms with van der Waals surface area (Å²) in [4.78, 5) is 28.8. The van der Waals surface area contributed by atoms with Crippen molar-refractivity contribution >= 4 is 22.8 Å².